The van der Waals surface area contributed by atoms with Gasteiger partial charge >= 0.3 is 0 Å². The number of nitrogens with zero attached hydrogens (tertiary/aromatic N) is 3. The minimum Gasteiger partial charge on any atom is -0.333 e. The van der Waals surface area contributed by atoms with Crippen LogP contribution in [0.25, 0.3) is 0 Å². The van der Waals surface area contributed by atoms with E-state index >= 15 is 0 Å². The van der Waals surface area contributed by atoms with Gasteiger partial charge in [0.1, 0.15) is 0 Å². The van der Waals surface area contributed by atoms with E-state index < -0.39 is 10.0 Å². The molecule has 0 heterocycles. The van der Waals surface area contributed by atoms with Crippen molar-refractivity contribution in [3.8, 4) is 6.07 Å². The maximum absolute atomic E-state index is 13.6. The molecule has 3 aromatic rings. The normalized spacial score (nSPS) is 11.2. The van der Waals surface area contributed by atoms with Crippen molar-refractivity contribution >= 4 is 21.6 Å². The van der Waals surface area contributed by atoms with Crippen molar-refractivity contribution in [2.24, 2.45) is 0 Å². The number of hydrogen-bond acceptors (Lipinski definition) is 5. The predicted molar refractivity (Wildman–Crippen MR) is 138 cm³/mol. The molecule has 0 aliphatic rings. The van der Waals surface area contributed by atoms with Crippen LogP contribution in [0.5, 0.6) is 0 Å². The van der Waals surface area contributed by atoms with E-state index in [1.54, 1.807) is 48.2 Å². The average molecular weight is 491 g/mol. The first-order valence-electron chi connectivity index (χ1n) is 11.2. The van der Waals surface area contributed by atoms with E-state index in [4.69, 9.17) is 5.26 Å². The number of likely N-dealkylation sites (N-methyl/N-ethyl adjacent to an activating group) is 1. The Hall–Kier alpha value is -3.67. The Morgan fingerprint density at radius 3 is 2.31 bits per heavy atom. The van der Waals surface area contributed by atoms with Crippen LogP contribution < -0.4 is 4.72 Å². The second-order valence-electron chi connectivity index (χ2n) is 8.79. The van der Waals surface area contributed by atoms with Gasteiger partial charge in [-0.25, -0.2) is 8.42 Å². The van der Waals surface area contributed by atoms with Crippen molar-refractivity contribution in [3.05, 3.63) is 94.5 Å². The van der Waals surface area contributed by atoms with Gasteiger partial charge in [-0.3, -0.25) is 9.52 Å². The molecule has 0 aromatic heterocycles. The molecule has 1 N–H and O–H groups in total. The SMILES string of the molecule is Cc1cccc(NS(=O)(=O)c2ccc(C)c(C(=O)N(CCN(C)C)Cc3ccc(C#N)cc3)c2)c1. The summed E-state index contributed by atoms with van der Waals surface area (Å²) in [5, 5.41) is 9.05. The number of hydrogen-bond donors (Lipinski definition) is 1. The summed E-state index contributed by atoms with van der Waals surface area (Å²) in [4.78, 5) is 17.3. The number of amides is 1. The highest BCUT2D eigenvalue weighted by Gasteiger charge is 2.22. The number of carbonyl (C=O) groups is 1. The first-order chi connectivity index (χ1) is 16.6. The molecule has 1 amide bonds. The molecule has 0 saturated heterocycles. The van der Waals surface area contributed by atoms with Crippen molar-refractivity contribution in [1.82, 2.24) is 9.80 Å². The van der Waals surface area contributed by atoms with Crippen LogP contribution in [-0.4, -0.2) is 51.3 Å². The molecule has 0 bridgehead atoms. The molecule has 0 aliphatic carbocycles. The Labute approximate surface area is 207 Å². The van der Waals surface area contributed by atoms with Gasteiger partial charge in [0, 0.05) is 30.9 Å². The smallest absolute Gasteiger partial charge is 0.261 e. The van der Waals surface area contributed by atoms with Gasteiger partial charge < -0.3 is 9.80 Å². The molecular weight excluding hydrogens is 460 g/mol. The molecule has 3 aromatic carbocycles. The zero-order chi connectivity index (χ0) is 25.6. The lowest BCUT2D eigenvalue weighted by atomic mass is 10.1. The number of carbonyl (C=O) groups excluding carboxylic acids is 1. The summed E-state index contributed by atoms with van der Waals surface area (Å²) in [6, 6.07) is 20.9. The van der Waals surface area contributed by atoms with E-state index in [1.807, 2.05) is 44.1 Å². The monoisotopic (exact) mass is 490 g/mol. The summed E-state index contributed by atoms with van der Waals surface area (Å²) in [6.07, 6.45) is 0. The second kappa shape index (κ2) is 11.2. The number of sulfonamides is 1. The maximum atomic E-state index is 13.6. The van der Waals surface area contributed by atoms with Gasteiger partial charge in [0.25, 0.3) is 15.9 Å². The summed E-state index contributed by atoms with van der Waals surface area (Å²) < 4.78 is 28.7. The molecule has 0 unspecified atom stereocenters. The molecule has 0 aliphatic heterocycles. The highest BCUT2D eigenvalue weighted by atomic mass is 32.2. The van der Waals surface area contributed by atoms with Crippen molar-refractivity contribution in [2.45, 2.75) is 25.3 Å². The molecule has 35 heavy (non-hydrogen) atoms. The van der Waals surface area contributed by atoms with E-state index in [1.165, 1.54) is 12.1 Å². The lowest BCUT2D eigenvalue weighted by molar-refractivity contribution is 0.0731. The molecule has 0 saturated carbocycles. The summed E-state index contributed by atoms with van der Waals surface area (Å²) in [5.74, 6) is -0.249. The Morgan fingerprint density at radius 2 is 1.69 bits per heavy atom. The molecule has 0 radical (unpaired) electrons. The molecule has 3 rings (SSSR count). The molecule has 8 heteroatoms. The predicted octanol–water partition coefficient (Wildman–Crippen LogP) is 4.18. The van der Waals surface area contributed by atoms with Crippen LogP contribution in [0.3, 0.4) is 0 Å². The van der Waals surface area contributed by atoms with Crippen molar-refractivity contribution in [2.75, 3.05) is 31.9 Å². The van der Waals surface area contributed by atoms with E-state index in [9.17, 15) is 13.2 Å². The summed E-state index contributed by atoms with van der Waals surface area (Å²) in [5.41, 5.74) is 3.87. The first-order valence-corrected chi connectivity index (χ1v) is 12.7. The quantitative estimate of drug-likeness (QED) is 0.486. The molecule has 0 atom stereocenters. The van der Waals surface area contributed by atoms with Crippen molar-refractivity contribution in [1.29, 1.82) is 5.26 Å². The fraction of sp³-hybridized carbons (Fsp3) is 0.259. The number of anilines is 1. The topological polar surface area (TPSA) is 93.5 Å². The zero-order valence-electron chi connectivity index (χ0n) is 20.4. The molecule has 7 nitrogen and oxygen atoms in total. The number of aryl methyl sites for hydroxylation is 2. The van der Waals surface area contributed by atoms with Gasteiger partial charge in [-0.05, 0) is 81.0 Å². The highest BCUT2D eigenvalue weighted by Crippen LogP contribution is 2.22. The van der Waals surface area contributed by atoms with Gasteiger partial charge in [0.2, 0.25) is 0 Å². The lowest BCUT2D eigenvalue weighted by Crippen LogP contribution is -2.36. The fourth-order valence-corrected chi connectivity index (χ4v) is 4.65. The number of nitrogens with one attached hydrogen (secondary N) is 1. The molecule has 182 valence electrons. The Morgan fingerprint density at radius 1 is 0.971 bits per heavy atom. The Kier molecular flexibility index (Phi) is 8.28. The van der Waals surface area contributed by atoms with E-state index in [2.05, 4.69) is 10.8 Å². The number of rotatable bonds is 9. The Balaban J connectivity index is 1.91. The first kappa shape index (κ1) is 25.9. The van der Waals surface area contributed by atoms with Gasteiger partial charge in [0.15, 0.2) is 0 Å². The highest BCUT2D eigenvalue weighted by molar-refractivity contribution is 7.92. The maximum Gasteiger partial charge on any atom is 0.261 e. The summed E-state index contributed by atoms with van der Waals surface area (Å²) in [7, 11) is -0.0198. The fourth-order valence-electron chi connectivity index (χ4n) is 3.57. The zero-order valence-corrected chi connectivity index (χ0v) is 21.3. The van der Waals surface area contributed by atoms with Crippen LogP contribution in [0.4, 0.5) is 5.69 Å². The van der Waals surface area contributed by atoms with Crippen LogP contribution >= 0.6 is 0 Å². The minimum atomic E-state index is -3.88. The number of nitriles is 1. The van der Waals surface area contributed by atoms with E-state index in [-0.39, 0.29) is 10.8 Å². The van der Waals surface area contributed by atoms with Crippen molar-refractivity contribution < 1.29 is 13.2 Å². The van der Waals surface area contributed by atoms with Gasteiger partial charge in [-0.2, -0.15) is 5.26 Å². The second-order valence-corrected chi connectivity index (χ2v) is 10.5. The summed E-state index contributed by atoms with van der Waals surface area (Å²) >= 11 is 0. The molecule has 0 spiro atoms. The van der Waals surface area contributed by atoms with Crippen LogP contribution in [0.15, 0.2) is 71.6 Å². The standard InChI is InChI=1S/C27H30N4O3S/c1-20-6-5-7-24(16-20)29-35(33,34)25-13-8-21(2)26(17-25)27(32)31(15-14-30(3)4)19-23-11-9-22(18-28)10-12-23/h5-13,16-17,29H,14-15,19H2,1-4H3. The van der Waals surface area contributed by atoms with Crippen LogP contribution in [0.2, 0.25) is 0 Å². The third-order valence-corrected chi connectivity index (χ3v) is 6.96. The van der Waals surface area contributed by atoms with Gasteiger partial charge in [0.05, 0.1) is 16.5 Å². The molecule has 0 fully saturated rings. The third-order valence-electron chi connectivity index (χ3n) is 5.58. The van der Waals surface area contributed by atoms with E-state index in [0.29, 0.717) is 42.0 Å². The van der Waals surface area contributed by atoms with Crippen molar-refractivity contribution in [3.63, 3.8) is 0 Å². The third kappa shape index (κ3) is 6.92. The van der Waals surface area contributed by atoms with Crippen LogP contribution in [0.1, 0.15) is 32.6 Å². The average Bonchev–Trinajstić information content (AvgIpc) is 2.81. The Bertz CT molecular complexity index is 1340. The number of benzene rings is 3. The van der Waals surface area contributed by atoms with Crippen LogP contribution in [0, 0.1) is 25.2 Å². The van der Waals surface area contributed by atoms with Gasteiger partial charge in [-0.15, -0.1) is 0 Å². The minimum absolute atomic E-state index is 0.0267. The van der Waals surface area contributed by atoms with Crippen LogP contribution in [-0.2, 0) is 16.6 Å². The lowest BCUT2D eigenvalue weighted by Gasteiger charge is -2.25. The molecular formula is C27H30N4O3S. The largest absolute Gasteiger partial charge is 0.333 e. The van der Waals surface area contributed by atoms with Gasteiger partial charge in [-0.1, -0.05) is 30.3 Å². The van der Waals surface area contributed by atoms with E-state index in [0.717, 1.165) is 11.1 Å². The summed E-state index contributed by atoms with van der Waals surface area (Å²) in [6.45, 7) is 5.13.